The van der Waals surface area contributed by atoms with Gasteiger partial charge >= 0.3 is 0 Å². The van der Waals surface area contributed by atoms with Crippen LogP contribution in [0.2, 0.25) is 0 Å². The molecule has 0 saturated carbocycles. The molecule has 3 rings (SSSR count). The first-order chi connectivity index (χ1) is 11.7. The van der Waals surface area contributed by atoms with Crippen molar-refractivity contribution in [3.8, 4) is 0 Å². The summed E-state index contributed by atoms with van der Waals surface area (Å²) >= 11 is 1.38. The van der Waals surface area contributed by atoms with E-state index in [1.165, 1.54) is 11.8 Å². The summed E-state index contributed by atoms with van der Waals surface area (Å²) in [7, 11) is 0. The highest BCUT2D eigenvalue weighted by Crippen LogP contribution is 2.27. The van der Waals surface area contributed by atoms with Crippen LogP contribution in [0.1, 0.15) is 37.2 Å². The molecule has 1 amide bonds. The molecule has 0 aliphatic carbocycles. The Morgan fingerprint density at radius 3 is 2.88 bits per heavy atom. The van der Waals surface area contributed by atoms with Crippen LogP contribution in [0.4, 0.5) is 5.95 Å². The van der Waals surface area contributed by atoms with Crippen LogP contribution in [0.25, 0.3) is 0 Å². The molecule has 0 atom stereocenters. The van der Waals surface area contributed by atoms with E-state index in [0.717, 1.165) is 43.9 Å². The Morgan fingerprint density at radius 2 is 2.21 bits per heavy atom. The maximum absolute atomic E-state index is 12.3. The van der Waals surface area contributed by atoms with E-state index in [1.54, 1.807) is 6.20 Å². The monoisotopic (exact) mass is 347 g/mol. The highest BCUT2D eigenvalue weighted by Gasteiger charge is 2.25. The summed E-state index contributed by atoms with van der Waals surface area (Å²) in [6, 6.07) is 1.91. The standard InChI is InChI=1S/C15H21N7OS/c1-2-12-19-15(21-20-12)24-9-13(23)22-7-4-10(5-8-22)11-3-6-17-14(16)18-11/h3,6,10H,2,4-5,7-9H2,1H3,(H2,16,17,18)(H,19,20,21). The third kappa shape index (κ3) is 4.02. The fourth-order valence-corrected chi connectivity index (χ4v) is 3.48. The van der Waals surface area contributed by atoms with Crippen LogP contribution in [0.3, 0.4) is 0 Å². The summed E-state index contributed by atoms with van der Waals surface area (Å²) in [6.07, 6.45) is 4.29. The van der Waals surface area contributed by atoms with Gasteiger partial charge in [-0.1, -0.05) is 18.7 Å². The number of rotatable bonds is 5. The molecule has 9 heteroatoms. The van der Waals surface area contributed by atoms with Crippen LogP contribution in [0.5, 0.6) is 0 Å². The lowest BCUT2D eigenvalue weighted by Crippen LogP contribution is -2.39. The van der Waals surface area contributed by atoms with Crippen LogP contribution in [-0.2, 0) is 11.2 Å². The fourth-order valence-electron chi connectivity index (χ4n) is 2.76. The van der Waals surface area contributed by atoms with E-state index >= 15 is 0 Å². The van der Waals surface area contributed by atoms with Crippen LogP contribution in [0.15, 0.2) is 17.4 Å². The van der Waals surface area contributed by atoms with E-state index in [4.69, 9.17) is 5.73 Å². The minimum absolute atomic E-state index is 0.128. The zero-order valence-electron chi connectivity index (χ0n) is 13.6. The number of carbonyl (C=O) groups excluding carboxylic acids is 1. The van der Waals surface area contributed by atoms with Crippen molar-refractivity contribution in [2.75, 3.05) is 24.6 Å². The van der Waals surface area contributed by atoms with Gasteiger partial charge in [-0.2, -0.15) is 0 Å². The summed E-state index contributed by atoms with van der Waals surface area (Å²) in [5, 5.41) is 7.58. The predicted octanol–water partition coefficient (Wildman–Crippen LogP) is 1.24. The molecule has 1 saturated heterocycles. The summed E-state index contributed by atoms with van der Waals surface area (Å²) in [6.45, 7) is 3.49. The number of anilines is 1. The lowest BCUT2D eigenvalue weighted by Gasteiger charge is -2.31. The zero-order valence-corrected chi connectivity index (χ0v) is 14.4. The number of carbonyl (C=O) groups is 1. The molecule has 1 aliphatic heterocycles. The molecule has 0 radical (unpaired) electrons. The highest BCUT2D eigenvalue weighted by molar-refractivity contribution is 7.99. The van der Waals surface area contributed by atoms with Gasteiger partial charge in [-0.05, 0) is 18.9 Å². The smallest absolute Gasteiger partial charge is 0.233 e. The van der Waals surface area contributed by atoms with Crippen LogP contribution < -0.4 is 5.73 Å². The van der Waals surface area contributed by atoms with Crippen LogP contribution >= 0.6 is 11.8 Å². The first kappa shape index (κ1) is 16.7. The van der Waals surface area contributed by atoms with E-state index in [9.17, 15) is 4.79 Å². The largest absolute Gasteiger partial charge is 0.368 e. The predicted molar refractivity (Wildman–Crippen MR) is 91.5 cm³/mol. The van der Waals surface area contributed by atoms with Gasteiger partial charge in [0.05, 0.1) is 5.75 Å². The minimum Gasteiger partial charge on any atom is -0.368 e. The molecule has 1 fully saturated rings. The summed E-state index contributed by atoms with van der Waals surface area (Å²) < 4.78 is 0. The fraction of sp³-hybridized carbons (Fsp3) is 0.533. The van der Waals surface area contributed by atoms with Gasteiger partial charge in [0.25, 0.3) is 0 Å². The normalized spacial score (nSPS) is 15.6. The van der Waals surface area contributed by atoms with Crippen molar-refractivity contribution in [3.63, 3.8) is 0 Å². The van der Waals surface area contributed by atoms with Crippen molar-refractivity contribution in [3.05, 3.63) is 23.8 Å². The second-order valence-corrected chi connectivity index (χ2v) is 6.64. The molecule has 3 heterocycles. The number of nitrogen functional groups attached to an aromatic ring is 1. The number of nitrogens with two attached hydrogens (primary N) is 1. The quantitative estimate of drug-likeness (QED) is 0.782. The second-order valence-electron chi connectivity index (χ2n) is 5.70. The number of nitrogens with one attached hydrogen (secondary N) is 1. The molecule has 8 nitrogen and oxygen atoms in total. The van der Waals surface area contributed by atoms with Gasteiger partial charge in [-0.3, -0.25) is 9.89 Å². The number of aromatic amines is 1. The third-order valence-electron chi connectivity index (χ3n) is 4.13. The molecule has 24 heavy (non-hydrogen) atoms. The Bertz CT molecular complexity index is 697. The number of hydrogen-bond acceptors (Lipinski definition) is 7. The van der Waals surface area contributed by atoms with Crippen molar-refractivity contribution >= 4 is 23.6 Å². The Labute approximate surface area is 144 Å². The van der Waals surface area contributed by atoms with Crippen molar-refractivity contribution < 1.29 is 4.79 Å². The van der Waals surface area contributed by atoms with E-state index in [-0.39, 0.29) is 5.91 Å². The average Bonchev–Trinajstić information content (AvgIpc) is 3.08. The number of aromatic nitrogens is 5. The molecule has 0 unspecified atom stereocenters. The first-order valence-electron chi connectivity index (χ1n) is 8.06. The van der Waals surface area contributed by atoms with E-state index in [1.807, 2.05) is 17.9 Å². The van der Waals surface area contributed by atoms with Gasteiger partial charge in [0.2, 0.25) is 17.0 Å². The lowest BCUT2D eigenvalue weighted by molar-refractivity contribution is -0.129. The van der Waals surface area contributed by atoms with E-state index in [2.05, 4.69) is 25.1 Å². The molecule has 128 valence electrons. The number of hydrogen-bond donors (Lipinski definition) is 2. The number of amides is 1. The van der Waals surface area contributed by atoms with Gasteiger partial charge in [-0.25, -0.2) is 15.0 Å². The van der Waals surface area contributed by atoms with Gasteiger partial charge in [0, 0.05) is 37.3 Å². The molecule has 0 bridgehead atoms. The van der Waals surface area contributed by atoms with Crippen LogP contribution in [-0.4, -0.2) is 54.8 Å². The molecule has 1 aliphatic rings. The number of piperidine rings is 1. The lowest BCUT2D eigenvalue weighted by atomic mass is 9.93. The summed E-state index contributed by atoms with van der Waals surface area (Å²) in [5.41, 5.74) is 6.61. The van der Waals surface area contributed by atoms with Crippen molar-refractivity contribution in [1.82, 2.24) is 30.0 Å². The SMILES string of the molecule is CCc1nc(SCC(=O)N2CCC(c3ccnc(N)n3)CC2)n[nH]1. The molecular formula is C15H21N7OS. The first-order valence-corrected chi connectivity index (χ1v) is 9.04. The molecule has 0 aromatic carbocycles. The zero-order chi connectivity index (χ0) is 16.9. The van der Waals surface area contributed by atoms with Gasteiger partial charge in [0.1, 0.15) is 5.82 Å². The third-order valence-corrected chi connectivity index (χ3v) is 4.96. The molecule has 2 aromatic rings. The summed E-state index contributed by atoms with van der Waals surface area (Å²) in [4.78, 5) is 26.8. The molecular weight excluding hydrogens is 326 g/mol. The number of likely N-dealkylation sites (tertiary alicyclic amines) is 1. The maximum Gasteiger partial charge on any atom is 0.233 e. The Balaban J connectivity index is 1.48. The van der Waals surface area contributed by atoms with E-state index < -0.39 is 0 Å². The van der Waals surface area contributed by atoms with Crippen molar-refractivity contribution in [2.24, 2.45) is 0 Å². The topological polar surface area (TPSA) is 114 Å². The second kappa shape index (κ2) is 7.61. The Morgan fingerprint density at radius 1 is 1.42 bits per heavy atom. The Hall–Kier alpha value is -2.16. The average molecular weight is 347 g/mol. The van der Waals surface area contributed by atoms with Crippen LogP contribution in [0, 0.1) is 0 Å². The van der Waals surface area contributed by atoms with Gasteiger partial charge < -0.3 is 10.6 Å². The number of H-pyrrole nitrogens is 1. The minimum atomic E-state index is 0.128. The number of nitrogens with zero attached hydrogens (tertiary/aromatic N) is 5. The maximum atomic E-state index is 12.3. The Kier molecular flexibility index (Phi) is 5.29. The molecule has 3 N–H and O–H groups in total. The van der Waals surface area contributed by atoms with Gasteiger partial charge in [0.15, 0.2) is 0 Å². The number of thioether (sulfide) groups is 1. The molecule has 2 aromatic heterocycles. The summed E-state index contributed by atoms with van der Waals surface area (Å²) in [5.74, 6) is 1.98. The van der Waals surface area contributed by atoms with Crippen molar-refractivity contribution in [2.45, 2.75) is 37.3 Å². The van der Waals surface area contributed by atoms with Crippen molar-refractivity contribution in [1.29, 1.82) is 0 Å². The van der Waals surface area contributed by atoms with E-state index in [0.29, 0.717) is 22.8 Å². The number of aryl methyl sites for hydroxylation is 1. The van der Waals surface area contributed by atoms with Gasteiger partial charge in [-0.15, -0.1) is 5.10 Å². The molecule has 0 spiro atoms. The highest BCUT2D eigenvalue weighted by atomic mass is 32.2.